The molecule has 1 rings (SSSR count). The highest BCUT2D eigenvalue weighted by atomic mass is 16.5. The third kappa shape index (κ3) is 12.2. The summed E-state index contributed by atoms with van der Waals surface area (Å²) in [6, 6.07) is 7.52. The van der Waals surface area contributed by atoms with Crippen molar-refractivity contribution >= 4 is 23.6 Å². The lowest BCUT2D eigenvalue weighted by Gasteiger charge is -2.34. The first-order chi connectivity index (χ1) is 15.7. The van der Waals surface area contributed by atoms with Crippen molar-refractivity contribution in [3.05, 3.63) is 35.4 Å². The Morgan fingerprint density at radius 3 is 2.06 bits per heavy atom. The van der Waals surface area contributed by atoms with Crippen LogP contribution in [0.3, 0.4) is 0 Å². The number of ketones is 1. The zero-order valence-electron chi connectivity index (χ0n) is 20.5. The van der Waals surface area contributed by atoms with Gasteiger partial charge < -0.3 is 14.8 Å². The Hall–Kier alpha value is -2.70. The lowest BCUT2D eigenvalue weighted by Crippen LogP contribution is -2.52. The number of hydrogen-bond acceptors (Lipinski definition) is 6. The van der Waals surface area contributed by atoms with Crippen LogP contribution in [0.2, 0.25) is 0 Å². The van der Waals surface area contributed by atoms with E-state index in [1.165, 1.54) is 40.0 Å². The van der Waals surface area contributed by atoms with Crippen molar-refractivity contribution in [2.24, 2.45) is 0 Å². The molecule has 7 heteroatoms. The van der Waals surface area contributed by atoms with Crippen LogP contribution in [0.5, 0.6) is 0 Å². The Balaban J connectivity index is 2.78. The maximum atomic E-state index is 12.4. The molecule has 0 saturated carbocycles. The molecule has 0 aliphatic rings. The minimum absolute atomic E-state index is 0.0161. The van der Waals surface area contributed by atoms with Gasteiger partial charge in [-0.1, -0.05) is 56.9 Å². The number of benzene rings is 1. The molecule has 0 spiro atoms. The van der Waals surface area contributed by atoms with Gasteiger partial charge in [0.05, 0.1) is 12.1 Å². The molecule has 1 aromatic carbocycles. The van der Waals surface area contributed by atoms with E-state index >= 15 is 0 Å². The quantitative estimate of drug-likeness (QED) is 0.220. The van der Waals surface area contributed by atoms with Crippen molar-refractivity contribution in [2.45, 2.75) is 91.0 Å². The molecule has 0 fully saturated rings. The molecule has 0 aliphatic heterocycles. The molecule has 0 heterocycles. The summed E-state index contributed by atoms with van der Waals surface area (Å²) in [4.78, 5) is 46.9. The lowest BCUT2D eigenvalue weighted by molar-refractivity contribution is -0.147. The van der Waals surface area contributed by atoms with E-state index in [-0.39, 0.29) is 24.9 Å². The normalized spacial score (nSPS) is 12.5. The zero-order valence-corrected chi connectivity index (χ0v) is 20.5. The fourth-order valence-electron chi connectivity index (χ4n) is 3.71. The molecule has 0 aliphatic carbocycles. The average Bonchev–Trinajstić information content (AvgIpc) is 2.75. The predicted octanol–water partition coefficient (Wildman–Crippen LogP) is 4.55. The standard InChI is InChI=1S/C26H39NO6/c1-5-6-7-8-9-10-25(31)24-13-11-23(12-14-24)15-16-26(27-20(2)28,19-33-22(4)30)17-18-32-21(3)29/h11-14H,5-10,15-19H2,1-4H3,(H,27,28). The zero-order chi connectivity index (χ0) is 24.7. The van der Waals surface area contributed by atoms with Gasteiger partial charge in [-0.05, 0) is 24.8 Å². The van der Waals surface area contributed by atoms with Gasteiger partial charge >= 0.3 is 11.9 Å². The van der Waals surface area contributed by atoms with Crippen LogP contribution in [0.15, 0.2) is 24.3 Å². The van der Waals surface area contributed by atoms with Crippen molar-refractivity contribution in [1.82, 2.24) is 5.32 Å². The molecule has 1 aromatic rings. The molecule has 0 bridgehead atoms. The Morgan fingerprint density at radius 2 is 1.48 bits per heavy atom. The van der Waals surface area contributed by atoms with Crippen molar-refractivity contribution in [3.63, 3.8) is 0 Å². The topological polar surface area (TPSA) is 98.8 Å². The lowest BCUT2D eigenvalue weighted by atomic mass is 9.88. The summed E-state index contributed by atoms with van der Waals surface area (Å²) in [7, 11) is 0. The van der Waals surface area contributed by atoms with Crippen LogP contribution in [-0.2, 0) is 30.3 Å². The van der Waals surface area contributed by atoms with E-state index in [4.69, 9.17) is 9.47 Å². The van der Waals surface area contributed by atoms with Crippen LogP contribution in [-0.4, -0.2) is 42.4 Å². The van der Waals surface area contributed by atoms with Crippen LogP contribution in [0.1, 0.15) is 95.0 Å². The van der Waals surface area contributed by atoms with Gasteiger partial charge in [0.2, 0.25) is 5.91 Å². The van der Waals surface area contributed by atoms with Gasteiger partial charge in [-0.3, -0.25) is 19.2 Å². The highest BCUT2D eigenvalue weighted by Crippen LogP contribution is 2.21. The van der Waals surface area contributed by atoms with E-state index in [0.29, 0.717) is 31.2 Å². The van der Waals surface area contributed by atoms with E-state index in [1.54, 1.807) is 0 Å². The number of aryl methyl sites for hydroxylation is 1. The second-order valence-corrected chi connectivity index (χ2v) is 8.62. The minimum atomic E-state index is -0.861. The second-order valence-electron chi connectivity index (χ2n) is 8.62. The third-order valence-electron chi connectivity index (χ3n) is 5.55. The van der Waals surface area contributed by atoms with E-state index in [1.807, 2.05) is 24.3 Å². The van der Waals surface area contributed by atoms with E-state index < -0.39 is 17.5 Å². The summed E-state index contributed by atoms with van der Waals surface area (Å²) in [6.45, 7) is 6.28. The molecular weight excluding hydrogens is 422 g/mol. The fourth-order valence-corrected chi connectivity index (χ4v) is 3.71. The smallest absolute Gasteiger partial charge is 0.302 e. The first kappa shape index (κ1) is 28.3. The summed E-state index contributed by atoms with van der Waals surface area (Å²) < 4.78 is 10.3. The molecule has 1 atom stereocenters. The molecule has 1 N–H and O–H groups in total. The number of hydrogen-bond donors (Lipinski definition) is 1. The number of rotatable bonds is 16. The Labute approximate surface area is 197 Å². The Morgan fingerprint density at radius 1 is 0.848 bits per heavy atom. The van der Waals surface area contributed by atoms with E-state index in [2.05, 4.69) is 12.2 Å². The van der Waals surface area contributed by atoms with E-state index in [9.17, 15) is 19.2 Å². The molecular formula is C26H39NO6. The van der Waals surface area contributed by atoms with Crippen LogP contribution in [0.4, 0.5) is 0 Å². The van der Waals surface area contributed by atoms with Crippen molar-refractivity contribution in [3.8, 4) is 0 Å². The summed E-state index contributed by atoms with van der Waals surface area (Å²) in [6.07, 6.45) is 7.51. The molecule has 1 unspecified atom stereocenters. The predicted molar refractivity (Wildman–Crippen MR) is 127 cm³/mol. The van der Waals surface area contributed by atoms with E-state index in [0.717, 1.165) is 18.4 Å². The minimum Gasteiger partial charge on any atom is -0.466 e. The molecule has 184 valence electrons. The maximum Gasteiger partial charge on any atom is 0.302 e. The number of carbonyl (C=O) groups is 4. The van der Waals surface area contributed by atoms with Crippen molar-refractivity contribution in [1.29, 1.82) is 0 Å². The number of carbonyl (C=O) groups excluding carboxylic acids is 4. The summed E-state index contributed by atoms with van der Waals surface area (Å²) in [5.41, 5.74) is 0.844. The van der Waals surface area contributed by atoms with Gasteiger partial charge in [-0.25, -0.2) is 0 Å². The fraction of sp³-hybridized carbons (Fsp3) is 0.615. The molecule has 0 aromatic heterocycles. The van der Waals surface area contributed by atoms with Crippen molar-refractivity contribution in [2.75, 3.05) is 13.2 Å². The number of nitrogens with one attached hydrogen (secondary N) is 1. The molecule has 0 radical (unpaired) electrons. The van der Waals surface area contributed by atoms with Gasteiger partial charge in [-0.2, -0.15) is 0 Å². The van der Waals surface area contributed by atoms with Crippen LogP contribution < -0.4 is 5.32 Å². The summed E-state index contributed by atoms with van der Waals surface area (Å²) in [5.74, 6) is -0.966. The molecule has 7 nitrogen and oxygen atoms in total. The highest BCUT2D eigenvalue weighted by Gasteiger charge is 2.32. The summed E-state index contributed by atoms with van der Waals surface area (Å²) in [5, 5.41) is 2.90. The van der Waals surface area contributed by atoms with Gasteiger partial charge in [0.25, 0.3) is 0 Å². The number of esters is 2. The van der Waals surface area contributed by atoms with Gasteiger partial charge in [0.15, 0.2) is 5.78 Å². The second kappa shape index (κ2) is 15.2. The molecule has 33 heavy (non-hydrogen) atoms. The number of amides is 1. The highest BCUT2D eigenvalue weighted by molar-refractivity contribution is 5.96. The Kier molecular flexibility index (Phi) is 13.0. The molecule has 1 amide bonds. The third-order valence-corrected chi connectivity index (χ3v) is 5.55. The van der Waals surface area contributed by atoms with Crippen molar-refractivity contribution < 1.29 is 28.7 Å². The first-order valence-corrected chi connectivity index (χ1v) is 11.8. The van der Waals surface area contributed by atoms with Crippen LogP contribution in [0, 0.1) is 0 Å². The van der Waals surface area contributed by atoms with Gasteiger partial charge in [-0.15, -0.1) is 0 Å². The van der Waals surface area contributed by atoms with Crippen LogP contribution >= 0.6 is 0 Å². The van der Waals surface area contributed by atoms with Crippen LogP contribution in [0.25, 0.3) is 0 Å². The SMILES string of the molecule is CCCCCCCC(=O)c1ccc(CCC(CCOC(C)=O)(COC(C)=O)NC(C)=O)cc1. The van der Waals surface area contributed by atoms with Gasteiger partial charge in [0.1, 0.15) is 6.61 Å². The average molecular weight is 462 g/mol. The van der Waals surface area contributed by atoms with Gasteiger partial charge in [0, 0.05) is 39.2 Å². The number of unbranched alkanes of at least 4 members (excludes halogenated alkanes) is 4. The monoisotopic (exact) mass is 461 g/mol. The first-order valence-electron chi connectivity index (χ1n) is 11.8. The summed E-state index contributed by atoms with van der Waals surface area (Å²) >= 11 is 0. The Bertz CT molecular complexity index is 773. The number of Topliss-reactive ketones (excluding diaryl/α,β-unsaturated/α-hetero) is 1. The molecule has 0 saturated heterocycles. The largest absolute Gasteiger partial charge is 0.466 e. The maximum absolute atomic E-state index is 12.4. The number of ether oxygens (including phenoxy) is 2.